The molecule has 0 aliphatic heterocycles. The van der Waals surface area contributed by atoms with Crippen LogP contribution in [0.4, 0.5) is 0 Å². The minimum absolute atomic E-state index is 0. The quantitative estimate of drug-likeness (QED) is 0.0753. The Morgan fingerprint density at radius 1 is 0.625 bits per heavy atom. The first-order chi connectivity index (χ1) is 18.1. The maximum absolute atomic E-state index is 12.6. The molecule has 0 rings (SSSR count). The van der Waals surface area contributed by atoms with E-state index in [2.05, 4.69) is 13.8 Å². The fourth-order valence-electron chi connectivity index (χ4n) is 5.57. The van der Waals surface area contributed by atoms with E-state index < -0.39 is 33.4 Å². The molecule has 40 heavy (non-hydrogen) atoms. The Morgan fingerprint density at radius 2 is 0.975 bits per heavy atom. The molecular formula is C30H56Na2O7S. The van der Waals surface area contributed by atoms with Gasteiger partial charge in [-0.3, -0.25) is 4.55 Å². The molecule has 1 unspecified atom stereocenters. The van der Waals surface area contributed by atoms with Crippen molar-refractivity contribution in [1.29, 1.82) is 0 Å². The second-order valence-corrected chi connectivity index (χ2v) is 12.8. The van der Waals surface area contributed by atoms with E-state index in [1.807, 2.05) is 0 Å². The van der Waals surface area contributed by atoms with Crippen LogP contribution in [0.3, 0.4) is 0 Å². The molecule has 1 N–H and O–H groups in total. The van der Waals surface area contributed by atoms with E-state index in [0.717, 1.165) is 57.8 Å². The number of unbranched alkanes of at least 4 members (excludes halogenated alkanes) is 17. The van der Waals surface area contributed by atoms with Gasteiger partial charge in [-0.15, -0.1) is 0 Å². The van der Waals surface area contributed by atoms with Crippen LogP contribution in [0.2, 0.25) is 0 Å². The van der Waals surface area contributed by atoms with Crippen molar-refractivity contribution in [1.82, 2.24) is 0 Å². The molecule has 0 fully saturated rings. The molecule has 0 aromatic heterocycles. The summed E-state index contributed by atoms with van der Waals surface area (Å²) in [6, 6.07) is 0. The van der Waals surface area contributed by atoms with Gasteiger partial charge in [0.1, 0.15) is 0 Å². The first-order valence-corrected chi connectivity index (χ1v) is 17.1. The van der Waals surface area contributed by atoms with Crippen LogP contribution in [-0.2, 0) is 19.7 Å². The summed E-state index contributed by atoms with van der Waals surface area (Å²) < 4.78 is 30.4. The predicted molar refractivity (Wildman–Crippen MR) is 150 cm³/mol. The van der Waals surface area contributed by atoms with Crippen molar-refractivity contribution in [2.45, 2.75) is 162 Å². The van der Waals surface area contributed by atoms with Crippen molar-refractivity contribution in [3.05, 3.63) is 0 Å². The summed E-state index contributed by atoms with van der Waals surface area (Å²) >= 11 is 0. The number of carbonyl (C=O) groups is 2. The van der Waals surface area contributed by atoms with E-state index in [9.17, 15) is 28.2 Å². The number of hydrogen-bond donors (Lipinski definition) is 1. The average molecular weight is 607 g/mol. The minimum atomic E-state index is -3.93. The van der Waals surface area contributed by atoms with E-state index >= 15 is 0 Å². The van der Waals surface area contributed by atoms with Crippen LogP contribution in [0.5, 0.6) is 0 Å². The number of rotatable bonds is 28. The zero-order valence-electron chi connectivity index (χ0n) is 26.4. The number of aliphatic carboxylic acids is 2. The van der Waals surface area contributed by atoms with Crippen molar-refractivity contribution < 1.29 is 91.9 Å². The van der Waals surface area contributed by atoms with E-state index in [1.165, 1.54) is 38.5 Å². The first kappa shape index (κ1) is 45.3. The van der Waals surface area contributed by atoms with Crippen molar-refractivity contribution in [2.75, 3.05) is 5.75 Å². The van der Waals surface area contributed by atoms with Gasteiger partial charge in [0, 0.05) is 23.3 Å². The van der Waals surface area contributed by atoms with Crippen LogP contribution >= 0.6 is 0 Å². The maximum atomic E-state index is 12.6. The van der Waals surface area contributed by atoms with Crippen LogP contribution in [0.1, 0.15) is 162 Å². The van der Waals surface area contributed by atoms with E-state index in [0.29, 0.717) is 44.9 Å². The zero-order valence-corrected chi connectivity index (χ0v) is 31.2. The van der Waals surface area contributed by atoms with Gasteiger partial charge in [-0.05, 0) is 25.7 Å². The van der Waals surface area contributed by atoms with Gasteiger partial charge in [0.2, 0.25) is 0 Å². The molecule has 0 aliphatic rings. The van der Waals surface area contributed by atoms with E-state index in [4.69, 9.17) is 4.55 Å². The Kier molecular flexibility index (Phi) is 32.4. The monoisotopic (exact) mass is 606 g/mol. The summed E-state index contributed by atoms with van der Waals surface area (Å²) in [7, 11) is -3.93. The number of carboxylic acid groups (broad SMARTS) is 2. The summed E-state index contributed by atoms with van der Waals surface area (Å²) in [6.45, 7) is 4.34. The van der Waals surface area contributed by atoms with Crippen LogP contribution in [0, 0.1) is 11.3 Å². The van der Waals surface area contributed by atoms with E-state index in [-0.39, 0.29) is 71.3 Å². The van der Waals surface area contributed by atoms with Gasteiger partial charge in [-0.2, -0.15) is 8.42 Å². The Morgan fingerprint density at radius 3 is 1.32 bits per heavy atom. The van der Waals surface area contributed by atoms with Crippen LogP contribution < -0.4 is 69.3 Å². The Hall–Kier alpha value is 0.850. The summed E-state index contributed by atoms with van der Waals surface area (Å²) in [4.78, 5) is 24.9. The van der Waals surface area contributed by atoms with Crippen molar-refractivity contribution in [2.24, 2.45) is 11.3 Å². The van der Waals surface area contributed by atoms with Gasteiger partial charge in [-0.1, -0.05) is 136 Å². The molecule has 0 amide bonds. The smallest absolute Gasteiger partial charge is 0.550 e. The molecule has 0 saturated heterocycles. The molecule has 10 heteroatoms. The standard InChI is InChI=1S/C30H58O7S.2Na/c1-3-5-7-9-12-16-20-24-30(29(33)34,25-21-17-13-10-8-6-4-2)27(28(31)32)23-19-15-11-14-18-22-26-38(35,36)37;;/h27H,3-26H2,1-2H3,(H,31,32)(H,33,34)(H,35,36,37);;/q;2*+1/p-2. The summed E-state index contributed by atoms with van der Waals surface area (Å²) in [5.41, 5.74) is -1.39. The van der Waals surface area contributed by atoms with Gasteiger partial charge >= 0.3 is 59.1 Å². The fraction of sp³-hybridized carbons (Fsp3) is 0.933. The molecule has 0 saturated carbocycles. The fourth-order valence-corrected chi connectivity index (χ4v) is 6.14. The van der Waals surface area contributed by atoms with Gasteiger partial charge in [-0.25, -0.2) is 0 Å². The molecule has 0 radical (unpaired) electrons. The normalized spacial score (nSPS) is 12.4. The van der Waals surface area contributed by atoms with Crippen LogP contribution in [0.15, 0.2) is 0 Å². The summed E-state index contributed by atoms with van der Waals surface area (Å²) in [5, 5.41) is 24.9. The molecule has 1 atom stereocenters. The Bertz CT molecular complexity index is 699. The summed E-state index contributed by atoms with van der Waals surface area (Å²) in [6.07, 6.45) is 19.5. The van der Waals surface area contributed by atoms with E-state index in [1.54, 1.807) is 0 Å². The van der Waals surface area contributed by atoms with Crippen molar-refractivity contribution in [3.63, 3.8) is 0 Å². The average Bonchev–Trinajstić information content (AvgIpc) is 2.84. The Labute approximate surface area is 290 Å². The number of carboxylic acids is 2. The molecule has 7 nitrogen and oxygen atoms in total. The number of hydrogen-bond acceptors (Lipinski definition) is 6. The molecule has 0 heterocycles. The zero-order chi connectivity index (χ0) is 28.7. The third-order valence-corrected chi connectivity index (χ3v) is 8.76. The molecule has 0 aromatic carbocycles. The first-order valence-electron chi connectivity index (χ1n) is 15.5. The number of carbonyl (C=O) groups excluding carboxylic acids is 2. The van der Waals surface area contributed by atoms with Crippen LogP contribution in [0.25, 0.3) is 0 Å². The van der Waals surface area contributed by atoms with Crippen molar-refractivity contribution in [3.8, 4) is 0 Å². The summed E-state index contributed by atoms with van der Waals surface area (Å²) in [5.74, 6) is -3.83. The molecule has 0 aromatic rings. The third-order valence-electron chi connectivity index (χ3n) is 7.96. The topological polar surface area (TPSA) is 135 Å². The molecule has 226 valence electrons. The molecular weight excluding hydrogens is 550 g/mol. The minimum Gasteiger partial charge on any atom is -0.550 e. The molecule has 0 bridgehead atoms. The second-order valence-electron chi connectivity index (χ2n) is 11.3. The van der Waals surface area contributed by atoms with Crippen LogP contribution in [-0.4, -0.2) is 30.7 Å². The van der Waals surface area contributed by atoms with Gasteiger partial charge < -0.3 is 19.8 Å². The largest absolute Gasteiger partial charge is 1.00 e. The molecule has 0 spiro atoms. The van der Waals surface area contributed by atoms with Crippen molar-refractivity contribution >= 4 is 22.1 Å². The molecule has 0 aliphatic carbocycles. The SMILES string of the molecule is CCCCCCCCCC(CCCCCCCCC)(C(=O)[O-])C(CCCCCCCCS(=O)(=O)O)C(=O)[O-].[Na+].[Na+]. The van der Waals surface area contributed by atoms with Gasteiger partial charge in [0.05, 0.1) is 5.75 Å². The Balaban J connectivity index is -0.00000684. The van der Waals surface area contributed by atoms with Gasteiger partial charge in [0.15, 0.2) is 0 Å². The second kappa shape index (κ2) is 28.6. The predicted octanol–water partition coefficient (Wildman–Crippen LogP) is -0.00330. The van der Waals surface area contributed by atoms with Gasteiger partial charge in [0.25, 0.3) is 10.1 Å². The maximum Gasteiger partial charge on any atom is 1.00 e. The third kappa shape index (κ3) is 23.3.